The Morgan fingerprint density at radius 2 is 2.00 bits per heavy atom. The van der Waals surface area contributed by atoms with Gasteiger partial charge >= 0.3 is 0 Å². The predicted molar refractivity (Wildman–Crippen MR) is 67.2 cm³/mol. The van der Waals surface area contributed by atoms with Crippen molar-refractivity contribution in [2.75, 3.05) is 5.75 Å². The number of rotatable bonds is 5. The molecule has 0 saturated carbocycles. The largest absolute Gasteiger partial charge is 0.389 e. The van der Waals surface area contributed by atoms with Crippen molar-refractivity contribution in [3.8, 4) is 0 Å². The van der Waals surface area contributed by atoms with Crippen molar-refractivity contribution in [1.82, 2.24) is 0 Å². The van der Waals surface area contributed by atoms with Crippen LogP contribution >= 0.6 is 11.8 Å². The molecule has 1 N–H and O–H groups in total. The van der Waals surface area contributed by atoms with Gasteiger partial charge in [-0.1, -0.05) is 19.9 Å². The van der Waals surface area contributed by atoms with Crippen LogP contribution in [-0.2, 0) is 0 Å². The second-order valence-electron chi connectivity index (χ2n) is 4.40. The summed E-state index contributed by atoms with van der Waals surface area (Å²) >= 11 is 1.54. The number of benzene rings is 1. The Balaban J connectivity index is 2.61. The average molecular weight is 242 g/mol. The van der Waals surface area contributed by atoms with Crippen LogP contribution in [0.5, 0.6) is 0 Å². The lowest BCUT2D eigenvalue weighted by atomic mass is 10.1. The summed E-state index contributed by atoms with van der Waals surface area (Å²) < 4.78 is 13.6. The molecule has 1 aromatic carbocycles. The van der Waals surface area contributed by atoms with Gasteiger partial charge in [0.25, 0.3) is 0 Å². The molecule has 0 aliphatic carbocycles. The van der Waals surface area contributed by atoms with Crippen LogP contribution in [0.3, 0.4) is 0 Å². The summed E-state index contributed by atoms with van der Waals surface area (Å²) in [6, 6.07) is 4.95. The van der Waals surface area contributed by atoms with E-state index in [1.165, 1.54) is 17.8 Å². The van der Waals surface area contributed by atoms with E-state index in [2.05, 4.69) is 13.8 Å². The maximum absolute atomic E-state index is 13.6. The van der Waals surface area contributed by atoms with Crippen LogP contribution in [0.25, 0.3) is 0 Å². The lowest BCUT2D eigenvalue weighted by molar-refractivity contribution is 0.198. The van der Waals surface area contributed by atoms with E-state index in [1.54, 1.807) is 19.1 Å². The van der Waals surface area contributed by atoms with E-state index >= 15 is 0 Å². The third kappa shape index (κ3) is 4.14. The maximum Gasteiger partial charge on any atom is 0.137 e. The smallest absolute Gasteiger partial charge is 0.137 e. The van der Waals surface area contributed by atoms with Crippen LogP contribution < -0.4 is 0 Å². The van der Waals surface area contributed by atoms with Crippen molar-refractivity contribution in [1.29, 1.82) is 0 Å². The molecule has 1 aromatic rings. The van der Waals surface area contributed by atoms with Gasteiger partial charge in [-0.3, -0.25) is 0 Å². The zero-order valence-corrected chi connectivity index (χ0v) is 10.9. The lowest BCUT2D eigenvalue weighted by Gasteiger charge is -2.08. The highest BCUT2D eigenvalue weighted by Crippen LogP contribution is 2.26. The lowest BCUT2D eigenvalue weighted by Crippen LogP contribution is -1.94. The minimum absolute atomic E-state index is 0.229. The Hall–Kier alpha value is -0.540. The molecule has 1 atom stereocenters. The quantitative estimate of drug-likeness (QED) is 0.787. The molecule has 3 heteroatoms. The number of thioether (sulfide) groups is 1. The summed E-state index contributed by atoms with van der Waals surface area (Å²) in [7, 11) is 0. The second-order valence-corrected chi connectivity index (χ2v) is 5.53. The van der Waals surface area contributed by atoms with Gasteiger partial charge in [0, 0.05) is 4.90 Å². The van der Waals surface area contributed by atoms with Crippen molar-refractivity contribution in [2.45, 2.75) is 38.2 Å². The first-order valence-electron chi connectivity index (χ1n) is 5.61. The third-order valence-electron chi connectivity index (χ3n) is 2.39. The molecule has 0 spiro atoms. The van der Waals surface area contributed by atoms with Crippen LogP contribution in [-0.4, -0.2) is 10.9 Å². The molecule has 0 aliphatic heterocycles. The minimum atomic E-state index is -0.607. The molecular formula is C13H19FOS. The van der Waals surface area contributed by atoms with Crippen molar-refractivity contribution < 1.29 is 9.50 Å². The highest BCUT2D eigenvalue weighted by Gasteiger charge is 2.07. The number of hydrogen-bond donors (Lipinski definition) is 1. The molecule has 0 heterocycles. The minimum Gasteiger partial charge on any atom is -0.389 e. The Morgan fingerprint density at radius 1 is 1.31 bits per heavy atom. The van der Waals surface area contributed by atoms with Crippen LogP contribution in [0.1, 0.15) is 38.9 Å². The third-order valence-corrected chi connectivity index (χ3v) is 3.47. The predicted octanol–water partition coefficient (Wildman–Crippen LogP) is 4.02. The van der Waals surface area contributed by atoms with E-state index in [1.807, 2.05) is 0 Å². The molecule has 0 amide bonds. The standard InChI is InChI=1S/C13H19FOS/c1-9(2)6-7-16-13-5-4-11(10(3)15)8-12(13)14/h4-5,8-10,15H,6-7H2,1-3H3/t10-/m0/s1. The molecule has 0 aliphatic rings. The van der Waals surface area contributed by atoms with Gasteiger partial charge in [-0.05, 0) is 42.7 Å². The highest BCUT2D eigenvalue weighted by molar-refractivity contribution is 7.99. The number of halogens is 1. The van der Waals surface area contributed by atoms with E-state index in [-0.39, 0.29) is 5.82 Å². The van der Waals surface area contributed by atoms with Gasteiger partial charge in [0.1, 0.15) is 5.82 Å². The second kappa shape index (κ2) is 6.26. The molecule has 1 nitrogen and oxygen atoms in total. The van der Waals surface area contributed by atoms with E-state index in [0.29, 0.717) is 16.4 Å². The summed E-state index contributed by atoms with van der Waals surface area (Å²) in [5.41, 5.74) is 0.630. The SMILES string of the molecule is CC(C)CCSc1ccc([C@H](C)O)cc1F. The normalized spacial score (nSPS) is 13.1. The van der Waals surface area contributed by atoms with Gasteiger partial charge in [0.05, 0.1) is 6.10 Å². The van der Waals surface area contributed by atoms with E-state index < -0.39 is 6.10 Å². The first kappa shape index (κ1) is 13.5. The first-order chi connectivity index (χ1) is 7.50. The van der Waals surface area contributed by atoms with E-state index in [0.717, 1.165) is 12.2 Å². The van der Waals surface area contributed by atoms with Gasteiger partial charge in [0.2, 0.25) is 0 Å². The fourth-order valence-corrected chi connectivity index (χ4v) is 2.47. The fraction of sp³-hybridized carbons (Fsp3) is 0.538. The monoisotopic (exact) mass is 242 g/mol. The van der Waals surface area contributed by atoms with E-state index in [9.17, 15) is 9.50 Å². The van der Waals surface area contributed by atoms with Crippen LogP contribution in [0, 0.1) is 11.7 Å². The molecule has 0 radical (unpaired) electrons. The fourth-order valence-electron chi connectivity index (χ4n) is 1.30. The molecule has 0 bridgehead atoms. The van der Waals surface area contributed by atoms with Gasteiger partial charge < -0.3 is 5.11 Å². The number of aliphatic hydroxyl groups is 1. The van der Waals surface area contributed by atoms with Gasteiger partial charge in [-0.15, -0.1) is 11.8 Å². The molecule has 0 aromatic heterocycles. The summed E-state index contributed by atoms with van der Waals surface area (Å²) in [6.07, 6.45) is 0.478. The number of hydrogen-bond acceptors (Lipinski definition) is 2. The molecular weight excluding hydrogens is 223 g/mol. The van der Waals surface area contributed by atoms with Crippen LogP contribution in [0.2, 0.25) is 0 Å². The molecule has 0 fully saturated rings. The Labute approximate surface area is 101 Å². The summed E-state index contributed by atoms with van der Waals surface area (Å²) in [5.74, 6) is 1.35. The van der Waals surface area contributed by atoms with E-state index in [4.69, 9.17) is 0 Å². The molecule has 0 unspecified atom stereocenters. The van der Waals surface area contributed by atoms with Crippen LogP contribution in [0.15, 0.2) is 23.1 Å². The van der Waals surface area contributed by atoms with Crippen molar-refractivity contribution in [3.05, 3.63) is 29.6 Å². The Bertz CT molecular complexity index is 337. The zero-order valence-electron chi connectivity index (χ0n) is 10.0. The summed E-state index contributed by atoms with van der Waals surface area (Å²) in [5, 5.41) is 9.31. The topological polar surface area (TPSA) is 20.2 Å². The van der Waals surface area contributed by atoms with Crippen molar-refractivity contribution in [2.24, 2.45) is 5.92 Å². The highest BCUT2D eigenvalue weighted by atomic mass is 32.2. The summed E-state index contributed by atoms with van der Waals surface area (Å²) in [6.45, 7) is 5.96. The van der Waals surface area contributed by atoms with Crippen molar-refractivity contribution >= 4 is 11.8 Å². The Kier molecular flexibility index (Phi) is 5.29. The molecule has 0 saturated heterocycles. The van der Waals surface area contributed by atoms with Crippen LogP contribution in [0.4, 0.5) is 4.39 Å². The van der Waals surface area contributed by atoms with Gasteiger partial charge in [0.15, 0.2) is 0 Å². The summed E-state index contributed by atoms with van der Waals surface area (Å²) in [4.78, 5) is 0.671. The molecule has 1 rings (SSSR count). The van der Waals surface area contributed by atoms with Gasteiger partial charge in [-0.2, -0.15) is 0 Å². The first-order valence-corrected chi connectivity index (χ1v) is 6.59. The van der Waals surface area contributed by atoms with Gasteiger partial charge in [-0.25, -0.2) is 4.39 Å². The molecule has 16 heavy (non-hydrogen) atoms. The average Bonchev–Trinajstić information content (AvgIpc) is 2.19. The number of aliphatic hydroxyl groups excluding tert-OH is 1. The Morgan fingerprint density at radius 3 is 2.50 bits per heavy atom. The zero-order chi connectivity index (χ0) is 12.1. The molecule has 90 valence electrons. The van der Waals surface area contributed by atoms with Crippen molar-refractivity contribution in [3.63, 3.8) is 0 Å². The maximum atomic E-state index is 13.6.